The van der Waals surface area contributed by atoms with Crippen molar-refractivity contribution in [2.24, 2.45) is 0 Å². The Morgan fingerprint density at radius 3 is 1.22 bits per heavy atom. The fourth-order valence-electron chi connectivity index (χ4n) is 3.75. The Kier molecular flexibility index (Phi) is 7.77. The third-order valence-corrected chi connectivity index (χ3v) is 10.6. The lowest BCUT2D eigenvalue weighted by Crippen LogP contribution is -2.16. The van der Waals surface area contributed by atoms with Crippen molar-refractivity contribution in [1.82, 2.24) is 0 Å². The van der Waals surface area contributed by atoms with Crippen molar-refractivity contribution >= 4 is 32.4 Å². The van der Waals surface area contributed by atoms with Crippen LogP contribution in [0.3, 0.4) is 0 Å². The molecule has 0 aromatic heterocycles. The zero-order valence-electron chi connectivity index (χ0n) is 20.1. The van der Waals surface area contributed by atoms with Crippen LogP contribution in [0.1, 0.15) is 20.7 Å². The van der Waals surface area contributed by atoms with E-state index in [1.54, 1.807) is 0 Å². The molecule has 0 N–H and O–H groups in total. The number of hydrogen-bond acceptors (Lipinski definition) is 7. The quantitative estimate of drug-likeness (QED) is 0.260. The number of rotatable bonds is 8. The van der Waals surface area contributed by atoms with Crippen molar-refractivity contribution < 1.29 is 31.1 Å². The largest absolute Gasteiger partial charge is 0.465 e. The lowest BCUT2D eigenvalue weighted by Gasteiger charge is -2.39. The van der Waals surface area contributed by atoms with Crippen molar-refractivity contribution in [3.8, 4) is 0 Å². The first-order valence-electron chi connectivity index (χ1n) is 11.1. The minimum atomic E-state index is -4.57. The fourth-order valence-corrected chi connectivity index (χ4v) is 9.06. The molecular weight excluding hydrogens is 512 g/mol. The summed E-state index contributed by atoms with van der Waals surface area (Å²) < 4.78 is 43.8. The number of ether oxygens (including phenoxy) is 2. The minimum absolute atomic E-state index is 0.132. The number of carbonyl (C=O) groups excluding carboxylic acids is 2. The summed E-state index contributed by atoms with van der Waals surface area (Å²) in [6.45, 7) is 0. The van der Waals surface area contributed by atoms with Crippen LogP contribution in [0.4, 0.5) is 0 Å². The van der Waals surface area contributed by atoms with E-state index in [9.17, 15) is 18.0 Å². The van der Waals surface area contributed by atoms with Gasteiger partial charge in [-0.3, -0.25) is 0 Å². The van der Waals surface area contributed by atoms with Gasteiger partial charge in [0.1, 0.15) is 0 Å². The Balaban J connectivity index is 1.99. The third kappa shape index (κ3) is 5.29. The van der Waals surface area contributed by atoms with Gasteiger partial charge in [0.25, 0.3) is 0 Å². The lowest BCUT2D eigenvalue weighted by molar-refractivity contribution is 0.0598. The molecule has 0 saturated heterocycles. The lowest BCUT2D eigenvalue weighted by atomic mass is 10.1. The Hall–Kier alpha value is -3.92. The van der Waals surface area contributed by atoms with Crippen molar-refractivity contribution in [3.63, 3.8) is 0 Å². The average Bonchev–Trinajstić information content (AvgIpc) is 2.96. The summed E-state index contributed by atoms with van der Waals surface area (Å²) in [5, 5.41) is 0. The second kappa shape index (κ2) is 11.0. The maximum atomic E-state index is 14.0. The standard InChI is InChI=1S/C28H24O7S2/c1-33-27(29)21-18-22(28(30)34-2)20-26(19-21)37(31,32)35-36(23-12-6-3-7-13-23,24-14-8-4-9-15-24)25-16-10-5-11-17-25/h3-20H,1-2H3. The van der Waals surface area contributed by atoms with Crippen molar-refractivity contribution in [2.75, 3.05) is 14.2 Å². The Morgan fingerprint density at radius 2 is 0.892 bits per heavy atom. The van der Waals surface area contributed by atoms with E-state index in [-0.39, 0.29) is 16.0 Å². The molecule has 0 saturated carbocycles. The van der Waals surface area contributed by atoms with E-state index in [0.29, 0.717) is 14.7 Å². The third-order valence-electron chi connectivity index (χ3n) is 5.45. The van der Waals surface area contributed by atoms with Crippen molar-refractivity contribution in [2.45, 2.75) is 19.6 Å². The molecule has 0 spiro atoms. The van der Waals surface area contributed by atoms with Gasteiger partial charge >= 0.3 is 22.1 Å². The normalized spacial score (nSPS) is 11.9. The molecule has 4 aromatic rings. The van der Waals surface area contributed by atoms with Crippen LogP contribution in [0.5, 0.6) is 0 Å². The van der Waals surface area contributed by atoms with Gasteiger partial charge in [0.15, 0.2) is 0 Å². The fraction of sp³-hybridized carbons (Fsp3) is 0.0714. The monoisotopic (exact) mass is 536 g/mol. The van der Waals surface area contributed by atoms with E-state index in [1.807, 2.05) is 91.0 Å². The molecular formula is C28H24O7S2. The first kappa shape index (κ1) is 26.2. The van der Waals surface area contributed by atoms with Crippen molar-refractivity contribution in [3.05, 3.63) is 120 Å². The van der Waals surface area contributed by atoms with Gasteiger partial charge in [0.05, 0.1) is 30.2 Å². The van der Waals surface area contributed by atoms with Crippen LogP contribution in [-0.2, 0) is 23.2 Å². The summed E-state index contributed by atoms with van der Waals surface area (Å²) in [5.41, 5.74) is -0.264. The predicted octanol–water partition coefficient (Wildman–Crippen LogP) is 5.86. The molecule has 0 aliphatic carbocycles. The topological polar surface area (TPSA) is 96.0 Å². The van der Waals surface area contributed by atoms with Gasteiger partial charge < -0.3 is 9.47 Å². The molecule has 37 heavy (non-hydrogen) atoms. The molecule has 0 bridgehead atoms. The molecule has 9 heteroatoms. The molecule has 0 fully saturated rings. The van der Waals surface area contributed by atoms with Gasteiger partial charge in [-0.15, -0.1) is 0 Å². The van der Waals surface area contributed by atoms with E-state index in [2.05, 4.69) is 0 Å². The highest BCUT2D eigenvalue weighted by atomic mass is 32.3. The highest BCUT2D eigenvalue weighted by molar-refractivity contribution is 8.33. The summed E-state index contributed by atoms with van der Waals surface area (Å²) in [4.78, 5) is 26.2. The summed E-state index contributed by atoms with van der Waals surface area (Å²) in [7, 11) is -5.09. The first-order chi connectivity index (χ1) is 17.8. The molecule has 4 rings (SSSR count). The van der Waals surface area contributed by atoms with Crippen LogP contribution in [0.2, 0.25) is 0 Å². The summed E-state index contributed by atoms with van der Waals surface area (Å²) >= 11 is 0. The van der Waals surface area contributed by atoms with Crippen LogP contribution in [0, 0.1) is 0 Å². The van der Waals surface area contributed by atoms with Gasteiger partial charge in [-0.05, 0) is 64.9 Å². The average molecular weight is 537 g/mol. The van der Waals surface area contributed by atoms with Crippen LogP contribution < -0.4 is 0 Å². The maximum absolute atomic E-state index is 14.0. The van der Waals surface area contributed by atoms with E-state index >= 15 is 0 Å². The molecule has 4 aromatic carbocycles. The highest BCUT2D eigenvalue weighted by Crippen LogP contribution is 2.70. The van der Waals surface area contributed by atoms with Gasteiger partial charge in [-0.1, -0.05) is 54.6 Å². The van der Waals surface area contributed by atoms with Gasteiger partial charge in [0.2, 0.25) is 0 Å². The van der Waals surface area contributed by atoms with Gasteiger partial charge in [-0.25, -0.2) is 13.2 Å². The number of esters is 2. The van der Waals surface area contributed by atoms with E-state index < -0.39 is 32.4 Å². The number of benzene rings is 4. The molecule has 0 radical (unpaired) electrons. The van der Waals surface area contributed by atoms with Gasteiger partial charge in [0, 0.05) is 14.7 Å². The Morgan fingerprint density at radius 1 is 0.541 bits per heavy atom. The molecule has 7 nitrogen and oxygen atoms in total. The number of methoxy groups -OCH3 is 2. The second-order valence-corrected chi connectivity index (χ2v) is 12.2. The van der Waals surface area contributed by atoms with Crippen LogP contribution in [0.25, 0.3) is 0 Å². The summed E-state index contributed by atoms with van der Waals surface area (Å²) in [6.07, 6.45) is 0. The Bertz CT molecular complexity index is 1370. The zero-order valence-corrected chi connectivity index (χ0v) is 21.7. The SMILES string of the molecule is COC(=O)c1cc(C(=O)OC)cc(S(=O)(=O)OS(c2ccccc2)(c2ccccc2)c2ccccc2)c1. The summed E-state index contributed by atoms with van der Waals surface area (Å²) in [6, 6.07) is 30.7. The highest BCUT2D eigenvalue weighted by Gasteiger charge is 2.38. The maximum Gasteiger partial charge on any atom is 0.337 e. The predicted molar refractivity (Wildman–Crippen MR) is 139 cm³/mol. The van der Waals surface area contributed by atoms with E-state index in [1.165, 1.54) is 6.07 Å². The Labute approximate surface area is 217 Å². The minimum Gasteiger partial charge on any atom is -0.465 e. The molecule has 0 heterocycles. The van der Waals surface area contributed by atoms with Crippen LogP contribution >= 0.6 is 10.3 Å². The smallest absolute Gasteiger partial charge is 0.337 e. The molecule has 0 amide bonds. The van der Waals surface area contributed by atoms with Crippen molar-refractivity contribution in [1.29, 1.82) is 0 Å². The molecule has 0 aliphatic rings. The molecule has 190 valence electrons. The van der Waals surface area contributed by atoms with Gasteiger partial charge in [-0.2, -0.15) is 8.42 Å². The molecule has 0 aliphatic heterocycles. The van der Waals surface area contributed by atoms with E-state index in [4.69, 9.17) is 13.1 Å². The summed E-state index contributed by atoms with van der Waals surface area (Å²) in [5.74, 6) is -1.62. The van der Waals surface area contributed by atoms with Crippen LogP contribution in [0.15, 0.2) is 129 Å². The van der Waals surface area contributed by atoms with Crippen LogP contribution in [-0.4, -0.2) is 34.6 Å². The first-order valence-corrected chi connectivity index (χ1v) is 14.0. The van der Waals surface area contributed by atoms with E-state index in [0.717, 1.165) is 26.4 Å². The number of hydrogen-bond donors (Lipinski definition) is 0. The zero-order chi connectivity index (χ0) is 26.5. The second-order valence-electron chi connectivity index (χ2n) is 7.75. The number of carbonyl (C=O) groups is 2. The molecule has 0 unspecified atom stereocenters. The molecule has 0 atom stereocenters.